The molecule has 250 valence electrons. The molecular formula is C37H48ClN7O2. The molecule has 47 heavy (non-hydrogen) atoms. The van der Waals surface area contributed by atoms with E-state index < -0.39 is 0 Å². The maximum Gasteiger partial charge on any atom is 0.261 e. The summed E-state index contributed by atoms with van der Waals surface area (Å²) in [5.74, 6) is 3.62. The van der Waals surface area contributed by atoms with Crippen LogP contribution in [0.3, 0.4) is 0 Å². The summed E-state index contributed by atoms with van der Waals surface area (Å²) in [6.07, 6.45) is 5.18. The first-order valence-corrected chi connectivity index (χ1v) is 17.8. The van der Waals surface area contributed by atoms with Crippen molar-refractivity contribution < 1.29 is 4.79 Å². The molecule has 8 rings (SSSR count). The van der Waals surface area contributed by atoms with Crippen LogP contribution in [-0.2, 0) is 17.8 Å². The number of fused-ring (bicyclic) bond motifs is 3. The van der Waals surface area contributed by atoms with E-state index in [1.165, 1.54) is 6.42 Å². The number of piperidine rings is 1. The largest absolute Gasteiger partial charge is 0.353 e. The minimum absolute atomic E-state index is 0.00166. The molecule has 0 radical (unpaired) electrons. The average Bonchev–Trinajstić information content (AvgIpc) is 3.05. The number of amides is 1. The summed E-state index contributed by atoms with van der Waals surface area (Å²) in [6.45, 7) is 11.2. The average molecular weight is 658 g/mol. The number of aromatic nitrogens is 2. The third-order valence-electron chi connectivity index (χ3n) is 11.7. The summed E-state index contributed by atoms with van der Waals surface area (Å²) in [5.41, 5.74) is 3.03. The Labute approximate surface area is 282 Å². The van der Waals surface area contributed by atoms with Gasteiger partial charge in [0.15, 0.2) is 5.96 Å². The number of nitrogens with zero attached hydrogens (tertiary/aromatic N) is 5. The number of hydrogen-bond acceptors (Lipinski definition) is 5. The predicted molar refractivity (Wildman–Crippen MR) is 189 cm³/mol. The zero-order valence-electron chi connectivity index (χ0n) is 28.1. The number of aryl methyl sites for hydroxylation is 1. The molecule has 9 nitrogen and oxygen atoms in total. The summed E-state index contributed by atoms with van der Waals surface area (Å²) in [5, 5.41) is 7.86. The number of nitrogens with one attached hydrogen (secondary N) is 2. The lowest BCUT2D eigenvalue weighted by Crippen LogP contribution is -2.57. The van der Waals surface area contributed by atoms with Crippen LogP contribution in [0, 0.1) is 23.2 Å². The molecule has 2 bridgehead atoms. The van der Waals surface area contributed by atoms with E-state index in [1.54, 1.807) is 0 Å². The summed E-state index contributed by atoms with van der Waals surface area (Å²) >= 11 is 6.12. The first-order valence-electron chi connectivity index (χ1n) is 17.4. The number of rotatable bonds is 6. The Kier molecular flexibility index (Phi) is 8.81. The Morgan fingerprint density at radius 2 is 1.94 bits per heavy atom. The number of piperazine rings is 1. The number of aliphatic imine (C=N–C) groups is 1. The van der Waals surface area contributed by atoms with Crippen LogP contribution in [0.2, 0.25) is 5.02 Å². The molecule has 2 aliphatic heterocycles. The van der Waals surface area contributed by atoms with E-state index in [9.17, 15) is 9.59 Å². The van der Waals surface area contributed by atoms with Gasteiger partial charge in [-0.05, 0) is 105 Å². The molecule has 2 unspecified atom stereocenters. The Hall–Kier alpha value is -3.43. The van der Waals surface area contributed by atoms with Gasteiger partial charge in [-0.3, -0.25) is 14.2 Å². The standard InChI is InChI=1S/C37H48ClN7O2/c1-23-30-18-26(37(30,2)3)19-31(23)42-36(44-17-14-39-33(46)22-44)40-28-11-12-29-32(20-28)41-34(25-6-5-15-43(4)21-25)45(35(29)47)16-13-24-7-9-27(38)10-8-24/h7-12,20,23,25-26,30-31H,5-6,13-19,21-22H2,1-4H3,(H,39,46)(H,40,42)/t23-,25?,26+,30-,31?/m0/s1. The van der Waals surface area contributed by atoms with Gasteiger partial charge in [-0.1, -0.05) is 44.5 Å². The summed E-state index contributed by atoms with van der Waals surface area (Å²) in [6, 6.07) is 13.9. The number of benzene rings is 2. The molecule has 2 saturated heterocycles. The summed E-state index contributed by atoms with van der Waals surface area (Å²) < 4.78 is 1.91. The van der Waals surface area contributed by atoms with Gasteiger partial charge in [0.05, 0.1) is 23.5 Å². The first-order chi connectivity index (χ1) is 22.6. The Bertz CT molecular complexity index is 1730. The second-order valence-electron chi connectivity index (χ2n) is 15.0. The maximum absolute atomic E-state index is 14.1. The van der Waals surface area contributed by atoms with E-state index in [-0.39, 0.29) is 30.0 Å². The van der Waals surface area contributed by atoms with Crippen molar-refractivity contribution in [3.8, 4) is 0 Å². The molecule has 1 amide bonds. The van der Waals surface area contributed by atoms with E-state index in [2.05, 4.69) is 48.3 Å². The van der Waals surface area contributed by atoms with E-state index in [1.807, 2.05) is 47.0 Å². The molecule has 3 aliphatic carbocycles. The third kappa shape index (κ3) is 6.41. The molecular weight excluding hydrogens is 610 g/mol. The second kappa shape index (κ2) is 12.9. The zero-order chi connectivity index (χ0) is 32.9. The van der Waals surface area contributed by atoms with Gasteiger partial charge in [-0.25, -0.2) is 9.98 Å². The monoisotopic (exact) mass is 657 g/mol. The highest BCUT2D eigenvalue weighted by atomic mass is 35.5. The normalized spacial score (nSPS) is 27.8. The number of hydrogen-bond donors (Lipinski definition) is 2. The lowest BCUT2D eigenvalue weighted by Gasteiger charge is -2.61. The minimum atomic E-state index is -0.00166. The van der Waals surface area contributed by atoms with Gasteiger partial charge >= 0.3 is 0 Å². The smallest absolute Gasteiger partial charge is 0.261 e. The highest BCUT2D eigenvalue weighted by molar-refractivity contribution is 6.30. The lowest BCUT2D eigenvalue weighted by atomic mass is 9.45. The van der Waals surface area contributed by atoms with Crippen molar-refractivity contribution in [2.45, 2.75) is 71.4 Å². The highest BCUT2D eigenvalue weighted by Crippen LogP contribution is 2.61. The Balaban J connectivity index is 1.22. The Morgan fingerprint density at radius 3 is 2.66 bits per heavy atom. The summed E-state index contributed by atoms with van der Waals surface area (Å²) in [7, 11) is 2.14. The van der Waals surface area contributed by atoms with Crippen molar-refractivity contribution in [2.24, 2.45) is 28.2 Å². The van der Waals surface area contributed by atoms with Crippen LogP contribution in [-0.4, -0.2) is 77.0 Å². The molecule has 5 fully saturated rings. The third-order valence-corrected chi connectivity index (χ3v) is 12.0. The number of carbonyl (C=O) groups is 1. The number of likely N-dealkylation sites (N-methyl/N-ethyl adjacent to an activating group) is 1. The molecule has 2 aromatic carbocycles. The van der Waals surface area contributed by atoms with Crippen molar-refractivity contribution in [2.75, 3.05) is 45.1 Å². The molecule has 5 aliphatic rings. The van der Waals surface area contributed by atoms with Gasteiger partial charge in [-0.15, -0.1) is 0 Å². The van der Waals surface area contributed by atoms with E-state index >= 15 is 0 Å². The number of guanidine groups is 1. The van der Waals surface area contributed by atoms with Crippen molar-refractivity contribution in [1.82, 2.24) is 24.7 Å². The fourth-order valence-corrected chi connectivity index (χ4v) is 8.83. The minimum Gasteiger partial charge on any atom is -0.353 e. The van der Waals surface area contributed by atoms with Crippen LogP contribution in [0.1, 0.15) is 63.8 Å². The zero-order valence-corrected chi connectivity index (χ0v) is 28.9. The van der Waals surface area contributed by atoms with Crippen molar-refractivity contribution in [1.29, 1.82) is 0 Å². The molecule has 3 heterocycles. The number of anilines is 1. The van der Waals surface area contributed by atoms with E-state index in [0.717, 1.165) is 61.8 Å². The lowest BCUT2D eigenvalue weighted by molar-refractivity contribution is -0.122. The van der Waals surface area contributed by atoms with Crippen LogP contribution in [0.5, 0.6) is 0 Å². The van der Waals surface area contributed by atoms with Gasteiger partial charge < -0.3 is 20.4 Å². The van der Waals surface area contributed by atoms with Gasteiger partial charge in [0.2, 0.25) is 5.91 Å². The second-order valence-corrected chi connectivity index (χ2v) is 15.4. The maximum atomic E-state index is 14.1. The van der Waals surface area contributed by atoms with Gasteiger partial charge in [0.25, 0.3) is 5.56 Å². The van der Waals surface area contributed by atoms with Crippen molar-refractivity contribution in [3.63, 3.8) is 0 Å². The van der Waals surface area contributed by atoms with Crippen LogP contribution in [0.15, 0.2) is 52.3 Å². The van der Waals surface area contributed by atoms with Gasteiger partial charge in [-0.2, -0.15) is 0 Å². The number of halogens is 1. The Morgan fingerprint density at radius 1 is 1.13 bits per heavy atom. The van der Waals surface area contributed by atoms with Crippen LogP contribution in [0.4, 0.5) is 5.69 Å². The molecule has 5 atom stereocenters. The van der Waals surface area contributed by atoms with Crippen molar-refractivity contribution >= 4 is 40.1 Å². The van der Waals surface area contributed by atoms with E-state index in [4.69, 9.17) is 21.6 Å². The fraction of sp³-hybridized carbons (Fsp3) is 0.568. The van der Waals surface area contributed by atoms with Crippen LogP contribution < -0.4 is 16.2 Å². The SMILES string of the molecule is C[C@@H]1C(N=C(Nc2ccc3c(=O)n(CCc4ccc(Cl)cc4)c(C4CCCN(C)C4)nc3c2)N2CCNC(=O)C2)C[C@H]2C[C@@H]1C2(C)C. The van der Waals surface area contributed by atoms with E-state index in [0.29, 0.717) is 58.7 Å². The molecule has 3 aromatic rings. The molecule has 3 saturated carbocycles. The van der Waals surface area contributed by atoms with Crippen molar-refractivity contribution in [3.05, 3.63) is 69.2 Å². The first kappa shape index (κ1) is 32.1. The quantitative estimate of drug-likeness (QED) is 0.273. The topological polar surface area (TPSA) is 94.9 Å². The summed E-state index contributed by atoms with van der Waals surface area (Å²) in [4.78, 5) is 41.6. The van der Waals surface area contributed by atoms with Gasteiger partial charge in [0.1, 0.15) is 5.82 Å². The number of carbonyl (C=O) groups excluding carboxylic acids is 1. The molecule has 0 spiro atoms. The predicted octanol–water partition coefficient (Wildman–Crippen LogP) is 5.37. The van der Waals surface area contributed by atoms with Gasteiger partial charge in [0, 0.05) is 42.8 Å². The number of likely N-dealkylation sites (tertiary alicyclic amines) is 1. The molecule has 2 N–H and O–H groups in total. The molecule has 1 aromatic heterocycles. The van der Waals surface area contributed by atoms with Crippen LogP contribution >= 0.6 is 11.6 Å². The fourth-order valence-electron chi connectivity index (χ4n) is 8.70. The highest BCUT2D eigenvalue weighted by Gasteiger charge is 2.56. The van der Waals surface area contributed by atoms with Crippen LogP contribution in [0.25, 0.3) is 10.9 Å². The molecule has 10 heteroatoms.